The van der Waals surface area contributed by atoms with E-state index in [1.807, 2.05) is 6.07 Å². The van der Waals surface area contributed by atoms with Gasteiger partial charge in [-0.3, -0.25) is 4.90 Å². The fourth-order valence-electron chi connectivity index (χ4n) is 1.99. The van der Waals surface area contributed by atoms with Gasteiger partial charge < -0.3 is 10.5 Å². The number of hydrogen-bond donors (Lipinski definition) is 1. The normalized spacial score (nSPS) is 10.5. The van der Waals surface area contributed by atoms with Crippen molar-refractivity contribution in [1.82, 2.24) is 4.90 Å². The van der Waals surface area contributed by atoms with Gasteiger partial charge in [0.25, 0.3) is 0 Å². The minimum Gasteiger partial charge on any atom is -0.495 e. The monoisotopic (exact) mass is 260 g/mol. The van der Waals surface area contributed by atoms with Gasteiger partial charge in [0.15, 0.2) is 0 Å². The summed E-state index contributed by atoms with van der Waals surface area (Å²) in [4.78, 5) is 2.40. The molecule has 0 saturated carbocycles. The molecule has 1 aromatic rings. The molecule has 2 N–H and O–H groups in total. The molecular formula is C16H24N2O. The van der Waals surface area contributed by atoms with Crippen molar-refractivity contribution in [2.75, 3.05) is 20.2 Å². The van der Waals surface area contributed by atoms with Crippen molar-refractivity contribution in [3.05, 3.63) is 29.3 Å². The molecule has 0 amide bonds. The van der Waals surface area contributed by atoms with Gasteiger partial charge in [-0.1, -0.05) is 24.8 Å². The van der Waals surface area contributed by atoms with E-state index in [1.165, 1.54) is 5.56 Å². The number of methoxy groups -OCH3 is 1. The Labute approximate surface area is 116 Å². The number of hydrogen-bond acceptors (Lipinski definition) is 3. The first kappa shape index (κ1) is 15.6. The fourth-order valence-corrected chi connectivity index (χ4v) is 1.99. The van der Waals surface area contributed by atoms with Gasteiger partial charge in [0.05, 0.1) is 19.2 Å². The summed E-state index contributed by atoms with van der Waals surface area (Å²) in [6.07, 6.45) is 0. The van der Waals surface area contributed by atoms with E-state index in [1.54, 1.807) is 7.11 Å². The Morgan fingerprint density at radius 2 is 2.11 bits per heavy atom. The van der Waals surface area contributed by atoms with E-state index < -0.39 is 0 Å². The van der Waals surface area contributed by atoms with Gasteiger partial charge in [-0.15, -0.1) is 0 Å². The molecule has 1 aromatic carbocycles. The first-order valence-electron chi connectivity index (χ1n) is 6.72. The highest BCUT2D eigenvalue weighted by atomic mass is 16.5. The van der Waals surface area contributed by atoms with Crippen molar-refractivity contribution in [3.8, 4) is 17.6 Å². The van der Waals surface area contributed by atoms with Crippen LogP contribution in [0.25, 0.3) is 0 Å². The molecule has 0 unspecified atom stereocenters. The Morgan fingerprint density at radius 1 is 1.37 bits per heavy atom. The Morgan fingerprint density at radius 3 is 2.63 bits per heavy atom. The fraction of sp³-hybridized carbons (Fsp3) is 0.500. The van der Waals surface area contributed by atoms with E-state index in [0.717, 1.165) is 24.4 Å². The summed E-state index contributed by atoms with van der Waals surface area (Å²) in [6.45, 7) is 8.92. The zero-order chi connectivity index (χ0) is 14.3. The molecule has 0 aliphatic heterocycles. The maximum absolute atomic E-state index is 5.43. The second-order valence-electron chi connectivity index (χ2n) is 4.70. The Balaban J connectivity index is 2.97. The second-order valence-corrected chi connectivity index (χ2v) is 4.70. The molecule has 19 heavy (non-hydrogen) atoms. The maximum Gasteiger partial charge on any atom is 0.134 e. The van der Waals surface area contributed by atoms with Crippen molar-refractivity contribution in [3.63, 3.8) is 0 Å². The lowest BCUT2D eigenvalue weighted by atomic mass is 10.1. The van der Waals surface area contributed by atoms with E-state index >= 15 is 0 Å². The lowest BCUT2D eigenvalue weighted by Crippen LogP contribution is -2.29. The number of rotatable bonds is 5. The van der Waals surface area contributed by atoms with Gasteiger partial charge in [-0.25, -0.2) is 0 Å². The van der Waals surface area contributed by atoms with Gasteiger partial charge in [0.2, 0.25) is 0 Å². The van der Waals surface area contributed by atoms with E-state index in [2.05, 4.69) is 49.6 Å². The first-order valence-corrected chi connectivity index (χ1v) is 6.72. The van der Waals surface area contributed by atoms with Crippen LogP contribution in [0.1, 0.15) is 31.9 Å². The molecule has 0 aliphatic carbocycles. The summed E-state index contributed by atoms with van der Waals surface area (Å²) in [5, 5.41) is 0. The highest BCUT2D eigenvalue weighted by molar-refractivity contribution is 5.48. The van der Waals surface area contributed by atoms with Crippen LogP contribution in [0.5, 0.6) is 5.75 Å². The summed E-state index contributed by atoms with van der Waals surface area (Å²) >= 11 is 0. The third kappa shape index (κ3) is 4.59. The minimum absolute atomic E-state index is 0.362. The van der Waals surface area contributed by atoms with Gasteiger partial charge in [0, 0.05) is 12.6 Å². The van der Waals surface area contributed by atoms with Gasteiger partial charge >= 0.3 is 0 Å². The SMILES string of the molecule is CCN(Cc1ccc(OC)c(C#CCN)c1)C(C)C. The van der Waals surface area contributed by atoms with Crippen molar-refractivity contribution in [2.45, 2.75) is 33.4 Å². The predicted molar refractivity (Wildman–Crippen MR) is 80.1 cm³/mol. The zero-order valence-electron chi connectivity index (χ0n) is 12.4. The van der Waals surface area contributed by atoms with Gasteiger partial charge in [-0.05, 0) is 38.1 Å². The summed E-state index contributed by atoms with van der Waals surface area (Å²) in [6, 6.07) is 6.69. The summed E-state index contributed by atoms with van der Waals surface area (Å²) in [5.41, 5.74) is 7.58. The van der Waals surface area contributed by atoms with Crippen LogP contribution in [0.4, 0.5) is 0 Å². The molecule has 0 aromatic heterocycles. The second kappa shape index (κ2) is 7.83. The van der Waals surface area contributed by atoms with E-state index in [4.69, 9.17) is 10.5 Å². The highest BCUT2D eigenvalue weighted by Crippen LogP contribution is 2.20. The minimum atomic E-state index is 0.362. The van der Waals surface area contributed by atoms with Crippen molar-refractivity contribution in [1.29, 1.82) is 0 Å². The third-order valence-corrected chi connectivity index (χ3v) is 3.11. The molecule has 3 nitrogen and oxygen atoms in total. The van der Waals surface area contributed by atoms with Crippen LogP contribution in [-0.4, -0.2) is 31.1 Å². The molecule has 1 rings (SSSR count). The van der Waals surface area contributed by atoms with Gasteiger partial charge in [-0.2, -0.15) is 0 Å². The molecule has 0 spiro atoms. The number of nitrogens with zero attached hydrogens (tertiary/aromatic N) is 1. The van der Waals surface area contributed by atoms with Crippen LogP contribution in [0.15, 0.2) is 18.2 Å². The lowest BCUT2D eigenvalue weighted by Gasteiger charge is -2.25. The van der Waals surface area contributed by atoms with Crippen LogP contribution in [0.2, 0.25) is 0 Å². The van der Waals surface area contributed by atoms with Crippen LogP contribution < -0.4 is 10.5 Å². The van der Waals surface area contributed by atoms with Gasteiger partial charge in [0.1, 0.15) is 5.75 Å². The average Bonchev–Trinajstić information content (AvgIpc) is 2.42. The first-order chi connectivity index (χ1) is 9.12. The molecule has 0 aliphatic rings. The van der Waals surface area contributed by atoms with Crippen molar-refractivity contribution < 1.29 is 4.74 Å². The number of nitrogens with two attached hydrogens (primary N) is 1. The number of benzene rings is 1. The average molecular weight is 260 g/mol. The van der Waals surface area contributed by atoms with Crippen LogP contribution in [0.3, 0.4) is 0 Å². The molecule has 104 valence electrons. The molecule has 0 radical (unpaired) electrons. The van der Waals surface area contributed by atoms with Crippen molar-refractivity contribution in [2.24, 2.45) is 5.73 Å². The van der Waals surface area contributed by atoms with E-state index in [9.17, 15) is 0 Å². The molecule has 0 saturated heterocycles. The standard InChI is InChI=1S/C16H24N2O/c1-5-18(13(2)3)12-14-8-9-16(19-4)15(11-14)7-6-10-17/h8-9,11,13H,5,10,12,17H2,1-4H3. The van der Waals surface area contributed by atoms with E-state index in [0.29, 0.717) is 12.6 Å². The maximum atomic E-state index is 5.43. The smallest absolute Gasteiger partial charge is 0.134 e. The largest absolute Gasteiger partial charge is 0.495 e. The lowest BCUT2D eigenvalue weighted by molar-refractivity contribution is 0.225. The highest BCUT2D eigenvalue weighted by Gasteiger charge is 2.09. The topological polar surface area (TPSA) is 38.5 Å². The van der Waals surface area contributed by atoms with Crippen LogP contribution >= 0.6 is 0 Å². The van der Waals surface area contributed by atoms with E-state index in [-0.39, 0.29) is 0 Å². The summed E-state index contributed by atoms with van der Waals surface area (Å²) in [7, 11) is 1.66. The van der Waals surface area contributed by atoms with Crippen molar-refractivity contribution >= 4 is 0 Å². The third-order valence-electron chi connectivity index (χ3n) is 3.11. The quantitative estimate of drug-likeness (QED) is 0.825. The molecule has 0 fully saturated rings. The molecule has 3 heteroatoms. The Hall–Kier alpha value is -1.50. The van der Waals surface area contributed by atoms with Crippen LogP contribution in [0, 0.1) is 11.8 Å². The number of ether oxygens (including phenoxy) is 1. The van der Waals surface area contributed by atoms with Crippen LogP contribution in [-0.2, 0) is 6.54 Å². The Kier molecular flexibility index (Phi) is 6.41. The molecule has 0 atom stereocenters. The molecule has 0 bridgehead atoms. The molecule has 0 heterocycles. The zero-order valence-corrected chi connectivity index (χ0v) is 12.4. The predicted octanol–water partition coefficient (Wildman–Crippen LogP) is 2.24. The summed E-state index contributed by atoms with van der Waals surface area (Å²) < 4.78 is 5.32. The summed E-state index contributed by atoms with van der Waals surface area (Å²) in [5.74, 6) is 6.75. The molecular weight excluding hydrogens is 236 g/mol. The Bertz CT molecular complexity index is 458.